The lowest BCUT2D eigenvalue weighted by Gasteiger charge is -2.35. The fourth-order valence-corrected chi connectivity index (χ4v) is 5.85. The Kier molecular flexibility index (Phi) is 6.72. The van der Waals surface area contributed by atoms with E-state index in [0.717, 1.165) is 51.1 Å². The molecule has 1 unspecified atom stereocenters. The fourth-order valence-electron chi connectivity index (χ4n) is 4.98. The van der Waals surface area contributed by atoms with Gasteiger partial charge in [-0.3, -0.25) is 18.6 Å². The molecule has 0 radical (unpaired) electrons. The Labute approximate surface area is 206 Å². The molecule has 1 aromatic heterocycles. The van der Waals surface area contributed by atoms with Crippen LogP contribution in [0, 0.1) is 5.92 Å². The predicted octanol–water partition coefficient (Wildman–Crippen LogP) is 3.71. The maximum absolute atomic E-state index is 13.3. The number of fused-ring (bicyclic) bond motifs is 1. The molecule has 0 bridgehead atoms. The number of ether oxygens (including phenoxy) is 1. The Hall–Kier alpha value is -3.02. The van der Waals surface area contributed by atoms with Crippen molar-refractivity contribution >= 4 is 34.2 Å². The standard InChI is InChI=1S/C24H32N6O4S/c25-23-22-19(27-35(32,33)28-23)7-4-8-20(22)34-16-17-6-5-13-30(15-17)24(31)18-9-10-26-21(14-18)29-11-2-1-3-12-29/h4,7-10,14,17,27,32-33H,1-3,5-6,11-13,15-16H2,(H2,25,28). The molecule has 2 fully saturated rings. The van der Waals surface area contributed by atoms with Crippen LogP contribution in [0.2, 0.25) is 0 Å². The van der Waals surface area contributed by atoms with Crippen molar-refractivity contribution in [2.45, 2.75) is 32.1 Å². The first-order valence-corrected chi connectivity index (χ1v) is 13.6. The second-order valence-corrected chi connectivity index (χ2v) is 10.7. The van der Waals surface area contributed by atoms with Gasteiger partial charge < -0.3 is 20.3 Å². The number of piperidine rings is 2. The fraction of sp³-hybridized carbons (Fsp3) is 0.458. The number of rotatable bonds is 5. The van der Waals surface area contributed by atoms with Gasteiger partial charge in [0.25, 0.3) is 5.91 Å². The van der Waals surface area contributed by atoms with Gasteiger partial charge in [0, 0.05) is 43.9 Å². The van der Waals surface area contributed by atoms with Gasteiger partial charge in [-0.05, 0) is 67.3 Å². The smallest absolute Gasteiger partial charge is 0.254 e. The number of aromatic nitrogens is 1. The van der Waals surface area contributed by atoms with Crippen LogP contribution in [0.1, 0.15) is 48.0 Å². The van der Waals surface area contributed by atoms with Gasteiger partial charge in [0.05, 0.1) is 17.9 Å². The summed E-state index contributed by atoms with van der Waals surface area (Å²) in [5.74, 6) is 1.62. The molecule has 1 atom stereocenters. The third kappa shape index (κ3) is 5.31. The molecule has 10 nitrogen and oxygen atoms in total. The first kappa shape index (κ1) is 23.7. The Bertz CT molecular complexity index is 1120. The van der Waals surface area contributed by atoms with Crippen LogP contribution in [0.5, 0.6) is 5.75 Å². The van der Waals surface area contributed by atoms with E-state index in [1.165, 1.54) is 6.42 Å². The summed E-state index contributed by atoms with van der Waals surface area (Å²) in [6, 6.07) is 8.96. The van der Waals surface area contributed by atoms with Crippen molar-refractivity contribution in [3.8, 4) is 5.75 Å². The zero-order valence-corrected chi connectivity index (χ0v) is 20.4. The number of hydrogen-bond acceptors (Lipinski definition) is 9. The molecule has 188 valence electrons. The zero-order valence-electron chi connectivity index (χ0n) is 19.6. The molecular weight excluding hydrogens is 468 g/mol. The minimum Gasteiger partial charge on any atom is -0.492 e. The van der Waals surface area contributed by atoms with Crippen molar-refractivity contribution in [2.24, 2.45) is 16.0 Å². The van der Waals surface area contributed by atoms with Crippen LogP contribution >= 0.6 is 11.0 Å². The molecule has 35 heavy (non-hydrogen) atoms. The summed E-state index contributed by atoms with van der Waals surface area (Å²) in [6.45, 7) is 3.72. The normalized spacial score (nSPS) is 22.5. The van der Waals surface area contributed by atoms with E-state index in [-0.39, 0.29) is 17.7 Å². The number of anilines is 2. The Morgan fingerprint density at radius 1 is 1.17 bits per heavy atom. The monoisotopic (exact) mass is 500 g/mol. The highest BCUT2D eigenvalue weighted by atomic mass is 32.3. The van der Waals surface area contributed by atoms with Gasteiger partial charge in [0.15, 0.2) is 5.84 Å². The van der Waals surface area contributed by atoms with E-state index in [9.17, 15) is 13.9 Å². The summed E-state index contributed by atoms with van der Waals surface area (Å²) in [7, 11) is -3.35. The van der Waals surface area contributed by atoms with Crippen molar-refractivity contribution in [1.82, 2.24) is 9.88 Å². The van der Waals surface area contributed by atoms with Gasteiger partial charge in [-0.1, -0.05) is 6.07 Å². The van der Waals surface area contributed by atoms with E-state index in [2.05, 4.69) is 19.0 Å². The summed E-state index contributed by atoms with van der Waals surface area (Å²) in [5.41, 5.74) is 7.66. The first-order chi connectivity index (χ1) is 16.9. The second kappa shape index (κ2) is 9.92. The highest BCUT2D eigenvalue weighted by Crippen LogP contribution is 2.46. The average molecular weight is 501 g/mol. The number of nitrogens with one attached hydrogen (secondary N) is 1. The van der Waals surface area contributed by atoms with Gasteiger partial charge in [-0.25, -0.2) is 4.98 Å². The van der Waals surface area contributed by atoms with E-state index < -0.39 is 11.0 Å². The maximum atomic E-state index is 13.3. The average Bonchev–Trinajstić information content (AvgIpc) is 2.87. The highest BCUT2D eigenvalue weighted by Gasteiger charge is 2.28. The number of carbonyl (C=O) groups is 1. The number of benzene rings is 1. The lowest BCUT2D eigenvalue weighted by molar-refractivity contribution is 0.0633. The van der Waals surface area contributed by atoms with Crippen LogP contribution < -0.4 is 20.1 Å². The predicted molar refractivity (Wildman–Crippen MR) is 138 cm³/mol. The van der Waals surface area contributed by atoms with E-state index in [4.69, 9.17) is 10.5 Å². The summed E-state index contributed by atoms with van der Waals surface area (Å²) in [4.78, 5) is 22.0. The third-order valence-electron chi connectivity index (χ3n) is 6.71. The number of carbonyl (C=O) groups excluding carboxylic acids is 1. The number of nitrogens with two attached hydrogens (primary N) is 1. The summed E-state index contributed by atoms with van der Waals surface area (Å²) >= 11 is 0. The molecule has 4 heterocycles. The van der Waals surface area contributed by atoms with Crippen molar-refractivity contribution in [3.05, 3.63) is 47.7 Å². The molecule has 0 aliphatic carbocycles. The maximum Gasteiger partial charge on any atom is 0.254 e. The SMILES string of the molecule is NC1=NS(O)(O)Nc2cccc(OCC3CCCN(C(=O)c4ccnc(N5CCCCC5)c4)C3)c21. The van der Waals surface area contributed by atoms with E-state index in [0.29, 0.717) is 35.7 Å². The van der Waals surface area contributed by atoms with Crippen molar-refractivity contribution in [2.75, 3.05) is 42.4 Å². The Morgan fingerprint density at radius 3 is 2.83 bits per heavy atom. The topological polar surface area (TPSA) is 137 Å². The number of amidine groups is 1. The van der Waals surface area contributed by atoms with Crippen LogP contribution in [0.4, 0.5) is 11.5 Å². The molecule has 0 spiro atoms. The number of hydrogen-bond donors (Lipinski definition) is 4. The number of nitrogens with zero attached hydrogens (tertiary/aromatic N) is 4. The summed E-state index contributed by atoms with van der Waals surface area (Å²) in [5, 5.41) is 0. The molecular formula is C24H32N6O4S. The van der Waals surface area contributed by atoms with Crippen LogP contribution in [0.25, 0.3) is 0 Å². The molecule has 1 amide bonds. The van der Waals surface area contributed by atoms with Crippen LogP contribution in [0.15, 0.2) is 40.9 Å². The molecule has 0 saturated carbocycles. The van der Waals surface area contributed by atoms with Gasteiger partial charge in [-0.2, -0.15) is 0 Å². The molecule has 3 aliphatic heterocycles. The highest BCUT2D eigenvalue weighted by molar-refractivity contribution is 8.24. The molecule has 11 heteroatoms. The van der Waals surface area contributed by atoms with E-state index in [1.54, 1.807) is 30.5 Å². The molecule has 5 rings (SSSR count). The molecule has 2 aromatic rings. The van der Waals surface area contributed by atoms with Gasteiger partial charge in [-0.15, -0.1) is 4.40 Å². The lowest BCUT2D eigenvalue weighted by atomic mass is 9.98. The molecule has 3 aliphatic rings. The van der Waals surface area contributed by atoms with Gasteiger partial charge in [0.1, 0.15) is 11.6 Å². The van der Waals surface area contributed by atoms with Crippen molar-refractivity contribution in [1.29, 1.82) is 0 Å². The lowest BCUT2D eigenvalue weighted by Crippen LogP contribution is -2.41. The minimum atomic E-state index is -3.35. The van der Waals surface area contributed by atoms with Crippen LogP contribution in [0.3, 0.4) is 0 Å². The van der Waals surface area contributed by atoms with Crippen molar-refractivity contribution in [3.63, 3.8) is 0 Å². The third-order valence-corrected chi connectivity index (χ3v) is 7.65. The quantitative estimate of drug-likeness (QED) is 0.488. The minimum absolute atomic E-state index is 0.0250. The number of likely N-dealkylation sites (tertiary alicyclic amines) is 1. The molecule has 2 saturated heterocycles. The second-order valence-electron chi connectivity index (χ2n) is 9.30. The summed E-state index contributed by atoms with van der Waals surface area (Å²) < 4.78 is 32.2. The largest absolute Gasteiger partial charge is 0.492 e. The zero-order chi connectivity index (χ0) is 24.4. The summed E-state index contributed by atoms with van der Waals surface area (Å²) in [6.07, 6.45) is 7.16. The Balaban J connectivity index is 1.23. The van der Waals surface area contributed by atoms with Crippen LogP contribution in [-0.4, -0.2) is 63.5 Å². The number of pyridine rings is 1. The number of amides is 1. The first-order valence-electron chi connectivity index (χ1n) is 12.1. The van der Waals surface area contributed by atoms with Crippen molar-refractivity contribution < 1.29 is 18.6 Å². The Morgan fingerprint density at radius 2 is 2.00 bits per heavy atom. The molecule has 1 aromatic carbocycles. The van der Waals surface area contributed by atoms with Gasteiger partial charge >= 0.3 is 0 Å². The van der Waals surface area contributed by atoms with Gasteiger partial charge in [0.2, 0.25) is 0 Å². The van der Waals surface area contributed by atoms with E-state index in [1.807, 2.05) is 11.0 Å². The molecule has 5 N–H and O–H groups in total. The van der Waals surface area contributed by atoms with Crippen LogP contribution in [-0.2, 0) is 0 Å². The van der Waals surface area contributed by atoms with E-state index >= 15 is 0 Å².